The lowest BCUT2D eigenvalue weighted by molar-refractivity contribution is 1.00. The van der Waals surface area contributed by atoms with Crippen LogP contribution in [0.4, 0.5) is 0 Å². The van der Waals surface area contributed by atoms with Gasteiger partial charge in [-0.05, 0) is 48.4 Å². The third kappa shape index (κ3) is 2.61. The smallest absolute Gasteiger partial charge is 0.139 e. The zero-order valence-corrected chi connectivity index (χ0v) is 13.4. The van der Waals surface area contributed by atoms with Crippen molar-refractivity contribution in [3.63, 3.8) is 0 Å². The average Bonchev–Trinajstić information content (AvgIpc) is 3.01. The van der Waals surface area contributed by atoms with Crippen molar-refractivity contribution in [2.45, 2.75) is 6.92 Å². The zero-order valence-electron chi connectivity index (χ0n) is 13.4. The molecule has 4 aromatic rings. The van der Waals surface area contributed by atoms with Gasteiger partial charge in [0.05, 0.1) is 11.0 Å². The highest BCUT2D eigenvalue weighted by Crippen LogP contribution is 2.24. The van der Waals surface area contributed by atoms with Crippen LogP contribution in [0.15, 0.2) is 79.0 Å². The molecule has 3 nitrogen and oxygen atoms in total. The summed E-state index contributed by atoms with van der Waals surface area (Å²) in [5.41, 5.74) is 4.39. The maximum atomic E-state index is 4.80. The summed E-state index contributed by atoms with van der Waals surface area (Å²) < 4.78 is 2.10. The van der Waals surface area contributed by atoms with Crippen molar-refractivity contribution in [3.05, 3.63) is 90.4 Å². The lowest BCUT2D eigenvalue weighted by Gasteiger charge is -2.07. The fourth-order valence-electron chi connectivity index (χ4n) is 2.85. The Balaban J connectivity index is 1.93. The van der Waals surface area contributed by atoms with E-state index in [9.17, 15) is 0 Å². The summed E-state index contributed by atoms with van der Waals surface area (Å²) >= 11 is 0. The van der Waals surface area contributed by atoms with Gasteiger partial charge in [0.1, 0.15) is 11.6 Å². The van der Waals surface area contributed by atoms with Crippen LogP contribution in [0.1, 0.15) is 18.3 Å². The highest BCUT2D eigenvalue weighted by Gasteiger charge is 2.11. The number of allylic oxidation sites excluding steroid dienone is 1. The van der Waals surface area contributed by atoms with Gasteiger partial charge in [-0.15, -0.1) is 0 Å². The lowest BCUT2D eigenvalue weighted by atomic mass is 10.1. The maximum absolute atomic E-state index is 4.80. The van der Waals surface area contributed by atoms with E-state index in [4.69, 9.17) is 4.98 Å². The van der Waals surface area contributed by atoms with E-state index < -0.39 is 0 Å². The van der Waals surface area contributed by atoms with Crippen LogP contribution in [0.3, 0.4) is 0 Å². The Morgan fingerprint density at radius 3 is 2.42 bits per heavy atom. The number of nitrogens with zero attached hydrogens (tertiary/aromatic N) is 3. The molecule has 3 heteroatoms. The Labute approximate surface area is 140 Å². The summed E-state index contributed by atoms with van der Waals surface area (Å²) in [7, 11) is 0. The number of rotatable bonds is 3. The number of hydrogen-bond acceptors (Lipinski definition) is 2. The molecule has 116 valence electrons. The van der Waals surface area contributed by atoms with E-state index >= 15 is 0 Å². The highest BCUT2D eigenvalue weighted by molar-refractivity contribution is 5.84. The van der Waals surface area contributed by atoms with Gasteiger partial charge in [0, 0.05) is 6.20 Å². The van der Waals surface area contributed by atoms with Crippen molar-refractivity contribution in [2.24, 2.45) is 0 Å². The SMILES string of the molecule is CC(=Cc1nc2ccccc2n1-c1ccccn1)c1ccccc1. The molecule has 2 aromatic heterocycles. The Morgan fingerprint density at radius 1 is 0.875 bits per heavy atom. The molecule has 0 unspecified atom stereocenters. The second-order valence-electron chi connectivity index (χ2n) is 5.68. The summed E-state index contributed by atoms with van der Waals surface area (Å²) in [5, 5.41) is 0. The number of imidazole rings is 1. The standard InChI is InChI=1S/C21H17N3/c1-16(17-9-3-2-4-10-17)15-21-23-18-11-5-6-12-19(18)24(21)20-13-7-8-14-22-20/h2-15H,1H3. The van der Waals surface area contributed by atoms with Gasteiger partial charge in [0.15, 0.2) is 0 Å². The molecule has 0 atom stereocenters. The quantitative estimate of drug-likeness (QED) is 0.534. The molecule has 0 saturated heterocycles. The van der Waals surface area contributed by atoms with Gasteiger partial charge in [-0.2, -0.15) is 0 Å². The van der Waals surface area contributed by atoms with Gasteiger partial charge in [0.25, 0.3) is 0 Å². The predicted octanol–water partition coefficient (Wildman–Crippen LogP) is 4.98. The van der Waals surface area contributed by atoms with E-state index in [2.05, 4.69) is 52.9 Å². The average molecular weight is 311 g/mol. The van der Waals surface area contributed by atoms with Gasteiger partial charge in [-0.3, -0.25) is 4.57 Å². The maximum Gasteiger partial charge on any atom is 0.139 e. The van der Waals surface area contributed by atoms with Gasteiger partial charge < -0.3 is 0 Å². The third-order valence-corrected chi connectivity index (χ3v) is 4.04. The fourth-order valence-corrected chi connectivity index (χ4v) is 2.85. The van der Waals surface area contributed by atoms with Crippen molar-refractivity contribution >= 4 is 22.7 Å². The van der Waals surface area contributed by atoms with Crippen LogP contribution >= 0.6 is 0 Å². The molecule has 0 aliphatic heterocycles. The van der Waals surface area contributed by atoms with Crippen LogP contribution in [0.2, 0.25) is 0 Å². The molecule has 2 heterocycles. The summed E-state index contributed by atoms with van der Waals surface area (Å²) in [6.45, 7) is 2.11. The topological polar surface area (TPSA) is 30.7 Å². The Hall–Kier alpha value is -3.20. The van der Waals surface area contributed by atoms with E-state index in [0.717, 1.165) is 22.7 Å². The second-order valence-corrected chi connectivity index (χ2v) is 5.68. The number of aromatic nitrogens is 3. The van der Waals surface area contributed by atoms with Crippen LogP contribution in [-0.4, -0.2) is 14.5 Å². The van der Waals surface area contributed by atoms with E-state index in [1.165, 1.54) is 11.1 Å². The zero-order chi connectivity index (χ0) is 16.4. The molecule has 0 aliphatic carbocycles. The van der Waals surface area contributed by atoms with Crippen molar-refractivity contribution < 1.29 is 0 Å². The van der Waals surface area contributed by atoms with Crippen LogP contribution in [0.5, 0.6) is 0 Å². The van der Waals surface area contributed by atoms with Crippen molar-refractivity contribution in [1.29, 1.82) is 0 Å². The highest BCUT2D eigenvalue weighted by atomic mass is 15.1. The van der Waals surface area contributed by atoms with E-state index in [-0.39, 0.29) is 0 Å². The summed E-state index contributed by atoms with van der Waals surface area (Å²) in [6.07, 6.45) is 3.92. The minimum Gasteiger partial charge on any atom is -0.277 e. The van der Waals surface area contributed by atoms with Crippen molar-refractivity contribution in [3.8, 4) is 5.82 Å². The first-order valence-electron chi connectivity index (χ1n) is 7.95. The van der Waals surface area contributed by atoms with Crippen LogP contribution in [0, 0.1) is 0 Å². The fraction of sp³-hybridized carbons (Fsp3) is 0.0476. The Bertz CT molecular complexity index is 999. The molecule has 0 fully saturated rings. The number of para-hydroxylation sites is 2. The molecule has 4 rings (SSSR count). The molecule has 0 aliphatic rings. The van der Waals surface area contributed by atoms with E-state index in [0.29, 0.717) is 0 Å². The molecule has 0 amide bonds. The molecular formula is C21H17N3. The number of pyridine rings is 1. The number of benzene rings is 2. The Morgan fingerprint density at radius 2 is 1.62 bits per heavy atom. The minimum absolute atomic E-state index is 0.873. The molecule has 0 radical (unpaired) electrons. The first-order chi connectivity index (χ1) is 11.8. The largest absolute Gasteiger partial charge is 0.277 e. The normalized spacial score (nSPS) is 11.8. The van der Waals surface area contributed by atoms with Crippen LogP contribution in [-0.2, 0) is 0 Å². The molecule has 0 saturated carbocycles. The van der Waals surface area contributed by atoms with Crippen LogP contribution < -0.4 is 0 Å². The number of hydrogen-bond donors (Lipinski definition) is 0. The first kappa shape index (κ1) is 14.4. The third-order valence-electron chi connectivity index (χ3n) is 4.04. The monoisotopic (exact) mass is 311 g/mol. The van der Waals surface area contributed by atoms with E-state index in [1.54, 1.807) is 0 Å². The molecule has 2 aromatic carbocycles. The molecule has 0 N–H and O–H groups in total. The molecule has 0 bridgehead atoms. The minimum atomic E-state index is 0.873. The van der Waals surface area contributed by atoms with Crippen molar-refractivity contribution in [1.82, 2.24) is 14.5 Å². The number of fused-ring (bicyclic) bond motifs is 1. The molecule has 0 spiro atoms. The lowest BCUT2D eigenvalue weighted by Crippen LogP contribution is -1.99. The van der Waals surface area contributed by atoms with Gasteiger partial charge >= 0.3 is 0 Å². The molecular weight excluding hydrogens is 294 g/mol. The Kier molecular flexibility index (Phi) is 3.67. The van der Waals surface area contributed by atoms with E-state index in [1.807, 2.05) is 48.7 Å². The summed E-state index contributed by atoms with van der Waals surface area (Å²) in [5.74, 6) is 1.76. The van der Waals surface area contributed by atoms with Crippen molar-refractivity contribution in [2.75, 3.05) is 0 Å². The van der Waals surface area contributed by atoms with Gasteiger partial charge in [-0.25, -0.2) is 9.97 Å². The first-order valence-corrected chi connectivity index (χ1v) is 7.95. The predicted molar refractivity (Wildman–Crippen MR) is 98.9 cm³/mol. The molecule has 24 heavy (non-hydrogen) atoms. The van der Waals surface area contributed by atoms with Crippen LogP contribution in [0.25, 0.3) is 28.5 Å². The van der Waals surface area contributed by atoms with Gasteiger partial charge in [-0.1, -0.05) is 48.5 Å². The summed E-state index contributed by atoms with van der Waals surface area (Å²) in [6, 6.07) is 24.4. The van der Waals surface area contributed by atoms with Gasteiger partial charge in [0.2, 0.25) is 0 Å². The summed E-state index contributed by atoms with van der Waals surface area (Å²) in [4.78, 5) is 9.31. The second kappa shape index (κ2) is 6.13.